The molecule has 0 N–H and O–H groups in total. The van der Waals surface area contributed by atoms with Gasteiger partial charge < -0.3 is 9.15 Å². The lowest BCUT2D eigenvalue weighted by molar-refractivity contribution is 0.0995. The molecular formula is C13H9ClF2O3. The third-order valence-electron chi connectivity index (χ3n) is 2.43. The molecule has 0 aliphatic carbocycles. The lowest BCUT2D eigenvalue weighted by atomic mass is 10.1. The third-order valence-corrected chi connectivity index (χ3v) is 2.72. The van der Waals surface area contributed by atoms with Crippen molar-refractivity contribution >= 4 is 17.4 Å². The lowest BCUT2D eigenvalue weighted by Crippen LogP contribution is -2.04. The van der Waals surface area contributed by atoms with Gasteiger partial charge in [-0.15, -0.1) is 0 Å². The average molecular weight is 287 g/mol. The highest BCUT2D eigenvalue weighted by atomic mass is 35.5. The normalized spacial score (nSPS) is 10.7. The van der Waals surface area contributed by atoms with Gasteiger partial charge in [0.1, 0.15) is 24.0 Å². The molecule has 0 bridgehead atoms. The van der Waals surface area contributed by atoms with Gasteiger partial charge in [-0.3, -0.25) is 4.79 Å². The second-order valence-electron chi connectivity index (χ2n) is 3.77. The van der Waals surface area contributed by atoms with E-state index in [2.05, 4.69) is 0 Å². The first kappa shape index (κ1) is 13.7. The number of methoxy groups -OCH3 is 1. The number of carbonyl (C=O) groups excluding carboxylic acids is 1. The topological polar surface area (TPSA) is 39.4 Å². The van der Waals surface area contributed by atoms with Crippen molar-refractivity contribution in [2.75, 3.05) is 7.11 Å². The van der Waals surface area contributed by atoms with Crippen LogP contribution in [0.4, 0.5) is 8.78 Å². The lowest BCUT2D eigenvalue weighted by Gasteiger charge is -2.02. The Hall–Kier alpha value is -1.72. The molecule has 0 radical (unpaired) electrons. The molecule has 1 aromatic heterocycles. The highest BCUT2D eigenvalue weighted by Gasteiger charge is 2.20. The van der Waals surface area contributed by atoms with Gasteiger partial charge in [0, 0.05) is 7.11 Å². The summed E-state index contributed by atoms with van der Waals surface area (Å²) < 4.78 is 36.8. The zero-order chi connectivity index (χ0) is 14.0. The van der Waals surface area contributed by atoms with E-state index in [9.17, 15) is 13.6 Å². The second kappa shape index (κ2) is 5.50. The van der Waals surface area contributed by atoms with Gasteiger partial charge in [-0.1, -0.05) is 11.6 Å². The number of ketones is 1. The van der Waals surface area contributed by atoms with E-state index in [0.29, 0.717) is 5.76 Å². The molecule has 100 valence electrons. The van der Waals surface area contributed by atoms with Crippen molar-refractivity contribution in [2.45, 2.75) is 6.61 Å². The summed E-state index contributed by atoms with van der Waals surface area (Å²) in [6.07, 6.45) is 0. The minimum atomic E-state index is -0.902. The maximum Gasteiger partial charge on any atom is 0.231 e. The number of carbonyl (C=O) groups is 1. The van der Waals surface area contributed by atoms with Crippen LogP contribution >= 0.6 is 11.6 Å². The fraction of sp³-hybridized carbons (Fsp3) is 0.154. The Morgan fingerprint density at radius 2 is 2.05 bits per heavy atom. The van der Waals surface area contributed by atoms with Crippen LogP contribution in [-0.2, 0) is 11.3 Å². The Bertz CT molecular complexity index is 622. The Kier molecular flexibility index (Phi) is 3.97. The molecule has 0 unspecified atom stereocenters. The number of hydrogen-bond donors (Lipinski definition) is 0. The fourth-order valence-electron chi connectivity index (χ4n) is 1.55. The number of ether oxygens (including phenoxy) is 1. The molecule has 0 fully saturated rings. The van der Waals surface area contributed by atoms with Crippen molar-refractivity contribution in [3.63, 3.8) is 0 Å². The first-order valence-electron chi connectivity index (χ1n) is 5.30. The smallest absolute Gasteiger partial charge is 0.231 e. The van der Waals surface area contributed by atoms with Gasteiger partial charge in [0.2, 0.25) is 5.78 Å². The minimum absolute atomic E-state index is 0.0901. The van der Waals surface area contributed by atoms with Gasteiger partial charge >= 0.3 is 0 Å². The fourth-order valence-corrected chi connectivity index (χ4v) is 1.70. The third kappa shape index (κ3) is 2.83. The number of halogens is 3. The van der Waals surface area contributed by atoms with Crippen LogP contribution in [0.15, 0.2) is 28.7 Å². The second-order valence-corrected chi connectivity index (χ2v) is 4.18. The zero-order valence-corrected chi connectivity index (χ0v) is 10.6. The standard InChI is InChI=1S/C13H9ClF2O3/c1-18-6-7-2-3-12(19-7)13(17)8-4-11(16)9(14)5-10(8)15/h2-5H,6H2,1H3. The van der Waals surface area contributed by atoms with Crippen LogP contribution in [0.1, 0.15) is 21.9 Å². The molecule has 3 nitrogen and oxygen atoms in total. The van der Waals surface area contributed by atoms with E-state index in [1.807, 2.05) is 0 Å². The number of hydrogen-bond acceptors (Lipinski definition) is 3. The number of benzene rings is 1. The van der Waals surface area contributed by atoms with Crippen LogP contribution in [0.25, 0.3) is 0 Å². The van der Waals surface area contributed by atoms with E-state index in [4.69, 9.17) is 20.8 Å². The summed E-state index contributed by atoms with van der Waals surface area (Å²) >= 11 is 5.42. The summed E-state index contributed by atoms with van der Waals surface area (Å²) in [5.41, 5.74) is -0.430. The summed E-state index contributed by atoms with van der Waals surface area (Å²) in [6, 6.07) is 4.41. The molecule has 0 saturated carbocycles. The Morgan fingerprint density at radius 1 is 1.32 bits per heavy atom. The summed E-state index contributed by atoms with van der Waals surface area (Å²) in [7, 11) is 1.47. The van der Waals surface area contributed by atoms with Gasteiger partial charge in [0.15, 0.2) is 5.76 Å². The minimum Gasteiger partial charge on any atom is -0.455 e. The van der Waals surface area contributed by atoms with Crippen LogP contribution in [0.3, 0.4) is 0 Å². The van der Waals surface area contributed by atoms with Crippen molar-refractivity contribution in [2.24, 2.45) is 0 Å². The number of rotatable bonds is 4. The Labute approximate surface area is 112 Å². The molecule has 1 heterocycles. The largest absolute Gasteiger partial charge is 0.455 e. The van der Waals surface area contributed by atoms with Crippen molar-refractivity contribution in [1.82, 2.24) is 0 Å². The quantitative estimate of drug-likeness (QED) is 0.637. The van der Waals surface area contributed by atoms with Crippen LogP contribution in [0.2, 0.25) is 5.02 Å². The predicted molar refractivity (Wildman–Crippen MR) is 64.2 cm³/mol. The highest BCUT2D eigenvalue weighted by Crippen LogP contribution is 2.22. The van der Waals surface area contributed by atoms with Crippen LogP contribution in [0.5, 0.6) is 0 Å². The summed E-state index contributed by atoms with van der Waals surface area (Å²) in [5, 5.41) is -0.381. The van der Waals surface area contributed by atoms with Crippen molar-refractivity contribution < 1.29 is 22.7 Å². The molecule has 0 spiro atoms. The van der Waals surface area contributed by atoms with E-state index >= 15 is 0 Å². The highest BCUT2D eigenvalue weighted by molar-refractivity contribution is 6.30. The predicted octanol–water partition coefficient (Wildman–Crippen LogP) is 3.59. The summed E-state index contributed by atoms with van der Waals surface area (Å²) in [6.45, 7) is 0.185. The van der Waals surface area contributed by atoms with Gasteiger partial charge in [0.05, 0.1) is 10.6 Å². The molecule has 0 aliphatic heterocycles. The first-order valence-corrected chi connectivity index (χ1v) is 5.67. The maximum absolute atomic E-state index is 13.6. The van der Waals surface area contributed by atoms with Gasteiger partial charge in [-0.05, 0) is 24.3 Å². The van der Waals surface area contributed by atoms with E-state index in [1.165, 1.54) is 19.2 Å². The van der Waals surface area contributed by atoms with Crippen LogP contribution in [-0.4, -0.2) is 12.9 Å². The van der Waals surface area contributed by atoms with E-state index in [0.717, 1.165) is 12.1 Å². The van der Waals surface area contributed by atoms with Gasteiger partial charge in [-0.25, -0.2) is 8.78 Å². The summed E-state index contributed by atoms with van der Waals surface area (Å²) in [5.74, 6) is -2.19. The molecule has 2 rings (SSSR count). The van der Waals surface area contributed by atoms with E-state index in [1.54, 1.807) is 0 Å². The first-order chi connectivity index (χ1) is 9.02. The van der Waals surface area contributed by atoms with Crippen molar-refractivity contribution in [3.8, 4) is 0 Å². The van der Waals surface area contributed by atoms with E-state index < -0.39 is 23.0 Å². The number of furan rings is 1. The van der Waals surface area contributed by atoms with Crippen LogP contribution < -0.4 is 0 Å². The van der Waals surface area contributed by atoms with E-state index in [-0.39, 0.29) is 17.4 Å². The molecule has 19 heavy (non-hydrogen) atoms. The molecule has 6 heteroatoms. The van der Waals surface area contributed by atoms with Gasteiger partial charge in [-0.2, -0.15) is 0 Å². The molecule has 2 aromatic rings. The SMILES string of the molecule is COCc1ccc(C(=O)c2cc(F)c(Cl)cc2F)o1. The molecule has 1 aromatic carbocycles. The Balaban J connectivity index is 2.35. The Morgan fingerprint density at radius 3 is 2.74 bits per heavy atom. The van der Waals surface area contributed by atoms with Crippen molar-refractivity contribution in [1.29, 1.82) is 0 Å². The molecule has 0 aliphatic rings. The maximum atomic E-state index is 13.6. The molecular weight excluding hydrogens is 278 g/mol. The molecule has 0 amide bonds. The van der Waals surface area contributed by atoms with Gasteiger partial charge in [0.25, 0.3) is 0 Å². The monoisotopic (exact) mass is 286 g/mol. The van der Waals surface area contributed by atoms with Crippen molar-refractivity contribution in [3.05, 3.63) is 58.0 Å². The van der Waals surface area contributed by atoms with Crippen LogP contribution in [0, 0.1) is 11.6 Å². The molecule has 0 saturated heterocycles. The summed E-state index contributed by atoms with van der Waals surface area (Å²) in [4.78, 5) is 12.0. The zero-order valence-electron chi connectivity index (χ0n) is 9.88. The average Bonchev–Trinajstić information content (AvgIpc) is 2.82. The molecule has 0 atom stereocenters.